The molecule has 1 atom stereocenters. The molecular formula is C14H27N3O2S. The zero-order chi connectivity index (χ0) is 15.0. The number of rotatable bonds is 6. The Hall–Kier alpha value is -0.910. The van der Waals surface area contributed by atoms with Crippen LogP contribution in [0.5, 0.6) is 0 Å². The molecule has 3 amide bonds. The van der Waals surface area contributed by atoms with Crippen molar-refractivity contribution >= 4 is 23.7 Å². The predicted molar refractivity (Wildman–Crippen MR) is 84.1 cm³/mol. The summed E-state index contributed by atoms with van der Waals surface area (Å²) < 4.78 is 0. The number of carbonyl (C=O) groups excluding carboxylic acids is 2. The van der Waals surface area contributed by atoms with Gasteiger partial charge in [-0.15, -0.1) is 11.8 Å². The van der Waals surface area contributed by atoms with Gasteiger partial charge < -0.3 is 15.1 Å². The second-order valence-electron chi connectivity index (χ2n) is 5.01. The van der Waals surface area contributed by atoms with Crippen molar-refractivity contribution in [3.8, 4) is 0 Å². The van der Waals surface area contributed by atoms with Gasteiger partial charge in [0.2, 0.25) is 5.91 Å². The Kier molecular flexibility index (Phi) is 7.80. The minimum Gasteiger partial charge on any atom is -0.338 e. The zero-order valence-corrected chi connectivity index (χ0v) is 13.7. The lowest BCUT2D eigenvalue weighted by Crippen LogP contribution is -2.54. The summed E-state index contributed by atoms with van der Waals surface area (Å²) in [6.07, 6.45) is 2.33. The van der Waals surface area contributed by atoms with Gasteiger partial charge >= 0.3 is 6.03 Å². The van der Waals surface area contributed by atoms with Gasteiger partial charge in [-0.3, -0.25) is 4.79 Å². The summed E-state index contributed by atoms with van der Waals surface area (Å²) >= 11 is 1.73. The summed E-state index contributed by atoms with van der Waals surface area (Å²) in [4.78, 5) is 27.6. The number of amides is 3. The van der Waals surface area contributed by atoms with E-state index in [-0.39, 0.29) is 17.2 Å². The maximum Gasteiger partial charge on any atom is 0.317 e. The van der Waals surface area contributed by atoms with Crippen molar-refractivity contribution in [2.75, 3.05) is 38.5 Å². The Balaban J connectivity index is 2.33. The Bertz CT molecular complexity index is 318. The van der Waals surface area contributed by atoms with E-state index in [2.05, 4.69) is 12.2 Å². The van der Waals surface area contributed by atoms with E-state index >= 15 is 0 Å². The molecule has 0 saturated carbocycles. The van der Waals surface area contributed by atoms with Crippen LogP contribution in [0.15, 0.2) is 0 Å². The number of urea groups is 1. The SMILES string of the molecule is CCCCSC(C)C(=O)N1CCN(C(=O)NCC)CC1. The smallest absolute Gasteiger partial charge is 0.317 e. The highest BCUT2D eigenvalue weighted by Gasteiger charge is 2.26. The Morgan fingerprint density at radius 3 is 2.30 bits per heavy atom. The lowest BCUT2D eigenvalue weighted by Gasteiger charge is -2.35. The number of thioether (sulfide) groups is 1. The van der Waals surface area contributed by atoms with Crippen molar-refractivity contribution in [3.63, 3.8) is 0 Å². The van der Waals surface area contributed by atoms with Crippen molar-refractivity contribution in [2.24, 2.45) is 0 Å². The fraction of sp³-hybridized carbons (Fsp3) is 0.857. The van der Waals surface area contributed by atoms with E-state index in [1.165, 1.54) is 6.42 Å². The van der Waals surface area contributed by atoms with Crippen LogP contribution in [-0.4, -0.2) is 65.5 Å². The highest BCUT2D eigenvalue weighted by Crippen LogP contribution is 2.16. The molecule has 0 aromatic heterocycles. The number of hydrogen-bond donors (Lipinski definition) is 1. The Morgan fingerprint density at radius 1 is 1.15 bits per heavy atom. The minimum absolute atomic E-state index is 0.0232. The first kappa shape index (κ1) is 17.1. The van der Waals surface area contributed by atoms with Crippen LogP contribution in [0.25, 0.3) is 0 Å². The predicted octanol–water partition coefficient (Wildman–Crippen LogP) is 1.78. The third kappa shape index (κ3) is 5.23. The molecule has 5 nitrogen and oxygen atoms in total. The van der Waals surface area contributed by atoms with Crippen LogP contribution in [0.1, 0.15) is 33.6 Å². The molecule has 1 saturated heterocycles. The second kappa shape index (κ2) is 9.10. The molecule has 1 unspecified atom stereocenters. The van der Waals surface area contributed by atoms with E-state index in [4.69, 9.17) is 0 Å². The molecule has 0 aliphatic carbocycles. The van der Waals surface area contributed by atoms with Gasteiger partial charge in [0.25, 0.3) is 0 Å². The molecule has 1 fully saturated rings. The van der Waals surface area contributed by atoms with Gasteiger partial charge in [0.15, 0.2) is 0 Å². The third-order valence-electron chi connectivity index (χ3n) is 3.42. The molecule has 116 valence electrons. The van der Waals surface area contributed by atoms with E-state index in [1.807, 2.05) is 18.7 Å². The van der Waals surface area contributed by atoms with Crippen molar-refractivity contribution in [2.45, 2.75) is 38.9 Å². The van der Waals surface area contributed by atoms with E-state index < -0.39 is 0 Å². The van der Waals surface area contributed by atoms with E-state index in [1.54, 1.807) is 16.7 Å². The largest absolute Gasteiger partial charge is 0.338 e. The molecule has 0 bridgehead atoms. The van der Waals surface area contributed by atoms with Crippen LogP contribution in [-0.2, 0) is 4.79 Å². The van der Waals surface area contributed by atoms with Gasteiger partial charge in [0.1, 0.15) is 0 Å². The molecule has 0 aromatic rings. The number of carbonyl (C=O) groups is 2. The average Bonchev–Trinajstić information content (AvgIpc) is 2.47. The van der Waals surface area contributed by atoms with Gasteiger partial charge in [-0.05, 0) is 26.0 Å². The van der Waals surface area contributed by atoms with Crippen molar-refractivity contribution < 1.29 is 9.59 Å². The summed E-state index contributed by atoms with van der Waals surface area (Å²) in [6.45, 7) is 9.25. The standard InChI is InChI=1S/C14H27N3O2S/c1-4-6-11-20-12(3)13(18)16-7-9-17(10-8-16)14(19)15-5-2/h12H,4-11H2,1-3H3,(H,15,19). The van der Waals surface area contributed by atoms with Crippen molar-refractivity contribution in [1.82, 2.24) is 15.1 Å². The first-order valence-electron chi connectivity index (χ1n) is 7.53. The third-order valence-corrected chi connectivity index (χ3v) is 4.65. The Labute approximate surface area is 126 Å². The van der Waals surface area contributed by atoms with Crippen LogP contribution in [0.4, 0.5) is 4.79 Å². The number of nitrogens with zero attached hydrogens (tertiary/aromatic N) is 2. The monoisotopic (exact) mass is 301 g/mol. The normalized spacial score (nSPS) is 16.9. The second-order valence-corrected chi connectivity index (χ2v) is 6.46. The fourth-order valence-corrected chi connectivity index (χ4v) is 3.23. The van der Waals surface area contributed by atoms with Gasteiger partial charge in [-0.25, -0.2) is 4.79 Å². The lowest BCUT2D eigenvalue weighted by molar-refractivity contribution is -0.131. The maximum absolute atomic E-state index is 12.3. The fourth-order valence-electron chi connectivity index (χ4n) is 2.13. The first-order valence-corrected chi connectivity index (χ1v) is 8.58. The molecule has 0 spiro atoms. The van der Waals surface area contributed by atoms with Crippen LogP contribution >= 0.6 is 11.8 Å². The van der Waals surface area contributed by atoms with Gasteiger partial charge in [0.05, 0.1) is 5.25 Å². The molecule has 20 heavy (non-hydrogen) atoms. The first-order chi connectivity index (χ1) is 9.60. The average molecular weight is 301 g/mol. The molecule has 0 aromatic carbocycles. The quantitative estimate of drug-likeness (QED) is 0.761. The van der Waals surface area contributed by atoms with Crippen LogP contribution in [0, 0.1) is 0 Å². The summed E-state index contributed by atoms with van der Waals surface area (Å²) in [5.41, 5.74) is 0. The molecule has 6 heteroatoms. The summed E-state index contributed by atoms with van der Waals surface area (Å²) in [5, 5.41) is 2.82. The number of nitrogens with one attached hydrogen (secondary N) is 1. The lowest BCUT2D eigenvalue weighted by atomic mass is 10.3. The molecule has 1 rings (SSSR count). The van der Waals surface area contributed by atoms with E-state index in [9.17, 15) is 9.59 Å². The van der Waals surface area contributed by atoms with Gasteiger partial charge in [-0.1, -0.05) is 13.3 Å². The minimum atomic E-state index is -0.0232. The van der Waals surface area contributed by atoms with Crippen LogP contribution in [0.2, 0.25) is 0 Å². The molecule has 1 N–H and O–H groups in total. The van der Waals surface area contributed by atoms with Crippen LogP contribution < -0.4 is 5.32 Å². The molecule has 0 radical (unpaired) electrons. The van der Waals surface area contributed by atoms with Crippen molar-refractivity contribution in [1.29, 1.82) is 0 Å². The van der Waals surface area contributed by atoms with Gasteiger partial charge in [0, 0.05) is 32.7 Å². The van der Waals surface area contributed by atoms with Crippen molar-refractivity contribution in [3.05, 3.63) is 0 Å². The summed E-state index contributed by atoms with van der Waals surface area (Å²) in [6, 6.07) is -0.0232. The summed E-state index contributed by atoms with van der Waals surface area (Å²) in [7, 11) is 0. The topological polar surface area (TPSA) is 52.7 Å². The Morgan fingerprint density at radius 2 is 1.75 bits per heavy atom. The molecule has 1 aliphatic rings. The number of unbranched alkanes of at least 4 members (excludes halogenated alkanes) is 1. The van der Waals surface area contributed by atoms with Gasteiger partial charge in [-0.2, -0.15) is 0 Å². The van der Waals surface area contributed by atoms with Crippen LogP contribution in [0.3, 0.4) is 0 Å². The molecule has 1 heterocycles. The molecular weight excluding hydrogens is 274 g/mol. The highest BCUT2D eigenvalue weighted by atomic mass is 32.2. The number of piperazine rings is 1. The van der Waals surface area contributed by atoms with E-state index in [0.717, 1.165) is 12.2 Å². The summed E-state index contributed by atoms with van der Waals surface area (Å²) in [5.74, 6) is 1.25. The maximum atomic E-state index is 12.3. The van der Waals surface area contributed by atoms with E-state index in [0.29, 0.717) is 32.7 Å². The zero-order valence-electron chi connectivity index (χ0n) is 12.9. The molecule has 1 aliphatic heterocycles. The highest BCUT2D eigenvalue weighted by molar-refractivity contribution is 8.00. The number of hydrogen-bond acceptors (Lipinski definition) is 3.